The molecule has 1 aliphatic heterocycles. The van der Waals surface area contributed by atoms with E-state index in [1.165, 1.54) is 17.3 Å². The molecule has 38 heavy (non-hydrogen) atoms. The van der Waals surface area contributed by atoms with E-state index in [1.807, 2.05) is 44.2 Å². The first-order valence-corrected chi connectivity index (χ1v) is 16.2. The lowest BCUT2D eigenvalue weighted by Crippen LogP contribution is -2.52. The van der Waals surface area contributed by atoms with E-state index in [-0.39, 0.29) is 36.1 Å². The van der Waals surface area contributed by atoms with Gasteiger partial charge in [-0.25, -0.2) is 16.8 Å². The Morgan fingerprint density at radius 3 is 2.37 bits per heavy atom. The lowest BCUT2D eigenvalue weighted by atomic mass is 10.00. The maximum atomic E-state index is 13.7. The highest BCUT2D eigenvalue weighted by Crippen LogP contribution is 2.29. The second kappa shape index (κ2) is 12.6. The minimum absolute atomic E-state index is 0.0216. The average molecular weight is 567 g/mol. The molecular formula is C27H38N2O7S2. The van der Waals surface area contributed by atoms with E-state index >= 15 is 0 Å². The normalized spacial score (nSPS) is 16.1. The van der Waals surface area contributed by atoms with Crippen molar-refractivity contribution in [1.82, 2.24) is 9.62 Å². The molecule has 210 valence electrons. The van der Waals surface area contributed by atoms with E-state index < -0.39 is 43.8 Å². The number of aliphatic hydroxyl groups excluding tert-OH is 1. The summed E-state index contributed by atoms with van der Waals surface area (Å²) in [7, 11) is -7.35. The van der Waals surface area contributed by atoms with Crippen LogP contribution in [0.4, 0.5) is 0 Å². The SMILES string of the molecule is CC(C)CN(C[C@@H](O)[C@H](Cc1ccccc1)NC(=O)[C@H](C)CS(C)(=O)=O)S(=O)(=O)c1ccc2c(c1)CCO2. The second-order valence-corrected chi connectivity index (χ2v) is 14.6. The molecule has 1 aliphatic rings. The Labute approximate surface area is 226 Å². The number of hydrogen-bond acceptors (Lipinski definition) is 7. The van der Waals surface area contributed by atoms with Crippen LogP contribution in [-0.4, -0.2) is 76.0 Å². The smallest absolute Gasteiger partial charge is 0.243 e. The summed E-state index contributed by atoms with van der Waals surface area (Å²) in [5.41, 5.74) is 1.66. The Bertz CT molecular complexity index is 1310. The number of hydrogen-bond donors (Lipinski definition) is 2. The van der Waals surface area contributed by atoms with Gasteiger partial charge in [-0.3, -0.25) is 4.79 Å². The molecule has 1 amide bonds. The van der Waals surface area contributed by atoms with Crippen molar-refractivity contribution in [2.75, 3.05) is 31.7 Å². The third-order valence-corrected chi connectivity index (χ3v) is 9.28. The molecule has 0 aromatic heterocycles. The number of aliphatic hydroxyl groups is 1. The summed E-state index contributed by atoms with van der Waals surface area (Å²) in [5.74, 6) is -1.03. The Morgan fingerprint density at radius 1 is 1.05 bits per heavy atom. The quantitative estimate of drug-likeness (QED) is 0.380. The van der Waals surface area contributed by atoms with E-state index in [0.29, 0.717) is 18.8 Å². The van der Waals surface area contributed by atoms with Crippen molar-refractivity contribution in [2.45, 2.75) is 50.7 Å². The van der Waals surface area contributed by atoms with Gasteiger partial charge in [0.25, 0.3) is 0 Å². The van der Waals surface area contributed by atoms with Gasteiger partial charge in [-0.15, -0.1) is 0 Å². The predicted octanol–water partition coefficient (Wildman–Crippen LogP) is 2.04. The molecule has 2 aromatic rings. The summed E-state index contributed by atoms with van der Waals surface area (Å²) in [5, 5.41) is 14.1. The van der Waals surface area contributed by atoms with E-state index in [1.54, 1.807) is 12.1 Å². The minimum atomic E-state index is -3.96. The summed E-state index contributed by atoms with van der Waals surface area (Å²) in [6.45, 7) is 5.72. The van der Waals surface area contributed by atoms with E-state index in [9.17, 15) is 26.7 Å². The zero-order chi connectivity index (χ0) is 28.1. The standard InChI is InChI=1S/C27H38N2O7S2/c1-19(2)16-29(38(34,35)23-10-11-26-22(15-23)12-13-36-26)17-25(30)24(14-21-8-6-5-7-9-21)28-27(31)20(3)18-37(4,32)33/h5-11,15,19-20,24-25,30H,12-14,16-18H2,1-4H3,(H,28,31)/t20-,24+,25-/m1/s1. The molecule has 0 saturated heterocycles. The molecule has 9 nitrogen and oxygen atoms in total. The number of nitrogens with one attached hydrogen (secondary N) is 1. The van der Waals surface area contributed by atoms with Crippen molar-refractivity contribution in [3.8, 4) is 5.75 Å². The minimum Gasteiger partial charge on any atom is -0.493 e. The van der Waals surface area contributed by atoms with Gasteiger partial charge in [0.2, 0.25) is 15.9 Å². The van der Waals surface area contributed by atoms with Crippen LogP contribution in [0.5, 0.6) is 5.75 Å². The maximum absolute atomic E-state index is 13.7. The van der Waals surface area contributed by atoms with Gasteiger partial charge in [-0.1, -0.05) is 51.1 Å². The van der Waals surface area contributed by atoms with Crippen molar-refractivity contribution < 1.29 is 31.5 Å². The Hall–Kier alpha value is -2.47. The third-order valence-electron chi connectivity index (χ3n) is 6.35. The van der Waals surface area contributed by atoms with Crippen LogP contribution < -0.4 is 10.1 Å². The number of carbonyl (C=O) groups excluding carboxylic acids is 1. The van der Waals surface area contributed by atoms with Gasteiger partial charge in [0.15, 0.2) is 0 Å². The van der Waals surface area contributed by atoms with Crippen molar-refractivity contribution in [3.05, 3.63) is 59.7 Å². The van der Waals surface area contributed by atoms with Crippen LogP contribution in [0.3, 0.4) is 0 Å². The highest BCUT2D eigenvalue weighted by Gasteiger charge is 2.33. The molecule has 2 aromatic carbocycles. The summed E-state index contributed by atoms with van der Waals surface area (Å²) in [6.07, 6.45) is 0.677. The fraction of sp³-hybridized carbons (Fsp3) is 0.519. The lowest BCUT2D eigenvalue weighted by molar-refractivity contribution is -0.125. The molecule has 0 bridgehead atoms. The molecule has 1 heterocycles. The molecule has 0 aliphatic carbocycles. The topological polar surface area (TPSA) is 130 Å². The first kappa shape index (κ1) is 30.1. The molecule has 0 radical (unpaired) electrons. The Kier molecular flexibility index (Phi) is 9.96. The van der Waals surface area contributed by atoms with Crippen LogP contribution in [0.15, 0.2) is 53.4 Å². The highest BCUT2D eigenvalue weighted by atomic mass is 32.2. The molecule has 3 rings (SSSR count). The van der Waals surface area contributed by atoms with Crippen LogP contribution in [0.2, 0.25) is 0 Å². The number of sulfonamides is 1. The number of carbonyl (C=O) groups is 1. The highest BCUT2D eigenvalue weighted by molar-refractivity contribution is 7.90. The summed E-state index contributed by atoms with van der Waals surface area (Å²) < 4.78 is 57.6. The summed E-state index contributed by atoms with van der Waals surface area (Å²) >= 11 is 0. The van der Waals surface area contributed by atoms with Crippen LogP contribution in [0, 0.1) is 11.8 Å². The van der Waals surface area contributed by atoms with Crippen molar-refractivity contribution >= 4 is 25.8 Å². The fourth-order valence-corrected chi connectivity index (χ4v) is 7.22. The predicted molar refractivity (Wildman–Crippen MR) is 146 cm³/mol. The number of sulfone groups is 1. The molecular weight excluding hydrogens is 528 g/mol. The maximum Gasteiger partial charge on any atom is 0.243 e. The van der Waals surface area contributed by atoms with Gasteiger partial charge < -0.3 is 15.2 Å². The van der Waals surface area contributed by atoms with Crippen LogP contribution in [0.1, 0.15) is 31.9 Å². The molecule has 2 N–H and O–H groups in total. The molecule has 0 saturated carbocycles. The molecule has 3 atom stereocenters. The number of fused-ring (bicyclic) bond motifs is 1. The Balaban J connectivity index is 1.86. The molecule has 11 heteroatoms. The number of nitrogens with zero attached hydrogens (tertiary/aromatic N) is 1. The third kappa shape index (κ3) is 8.26. The van der Waals surface area contributed by atoms with Crippen molar-refractivity contribution in [1.29, 1.82) is 0 Å². The van der Waals surface area contributed by atoms with E-state index in [4.69, 9.17) is 4.74 Å². The number of amides is 1. The zero-order valence-corrected chi connectivity index (χ0v) is 24.0. The van der Waals surface area contributed by atoms with Gasteiger partial charge in [0, 0.05) is 31.7 Å². The van der Waals surface area contributed by atoms with Gasteiger partial charge in [0.1, 0.15) is 15.6 Å². The largest absolute Gasteiger partial charge is 0.493 e. The average Bonchev–Trinajstić information content (AvgIpc) is 3.30. The number of benzene rings is 2. The number of rotatable bonds is 13. The zero-order valence-electron chi connectivity index (χ0n) is 22.3. The summed E-state index contributed by atoms with van der Waals surface area (Å²) in [4.78, 5) is 13.0. The van der Waals surface area contributed by atoms with E-state index in [0.717, 1.165) is 17.4 Å². The molecule has 0 unspecified atom stereocenters. The first-order valence-electron chi connectivity index (χ1n) is 12.7. The molecule has 0 spiro atoms. The first-order chi connectivity index (χ1) is 17.8. The summed E-state index contributed by atoms with van der Waals surface area (Å²) in [6, 6.07) is 13.1. The van der Waals surface area contributed by atoms with Gasteiger partial charge in [0.05, 0.1) is 29.4 Å². The van der Waals surface area contributed by atoms with Crippen LogP contribution in [0.25, 0.3) is 0 Å². The van der Waals surface area contributed by atoms with Gasteiger partial charge in [-0.05, 0) is 41.7 Å². The number of ether oxygens (including phenoxy) is 1. The van der Waals surface area contributed by atoms with Crippen LogP contribution in [-0.2, 0) is 37.5 Å². The van der Waals surface area contributed by atoms with Crippen molar-refractivity contribution in [3.63, 3.8) is 0 Å². The monoisotopic (exact) mass is 566 g/mol. The van der Waals surface area contributed by atoms with E-state index in [2.05, 4.69) is 5.32 Å². The van der Waals surface area contributed by atoms with Gasteiger partial charge in [-0.2, -0.15) is 4.31 Å². The Morgan fingerprint density at radius 2 is 1.74 bits per heavy atom. The van der Waals surface area contributed by atoms with Crippen LogP contribution >= 0.6 is 0 Å². The van der Waals surface area contributed by atoms with Gasteiger partial charge >= 0.3 is 0 Å². The second-order valence-electron chi connectivity index (χ2n) is 10.4. The molecule has 0 fully saturated rings. The fourth-order valence-electron chi connectivity index (χ4n) is 4.49. The lowest BCUT2D eigenvalue weighted by Gasteiger charge is -2.31. The van der Waals surface area contributed by atoms with Crippen molar-refractivity contribution in [2.24, 2.45) is 11.8 Å².